The van der Waals surface area contributed by atoms with Gasteiger partial charge in [-0.05, 0) is 105 Å². The summed E-state index contributed by atoms with van der Waals surface area (Å²) in [4.78, 5) is 17.6. The molecule has 0 radical (unpaired) electrons. The fourth-order valence-electron chi connectivity index (χ4n) is 9.12. The van der Waals surface area contributed by atoms with Crippen LogP contribution in [0.1, 0.15) is 52.7 Å². The predicted octanol–water partition coefficient (Wildman–Crippen LogP) is 10.5. The Hall–Kier alpha value is -6.01. The van der Waals surface area contributed by atoms with Gasteiger partial charge in [-0.25, -0.2) is 0 Å². The number of rotatable bonds is 1. The molecule has 0 saturated heterocycles. The summed E-state index contributed by atoms with van der Waals surface area (Å²) >= 11 is 0. The van der Waals surface area contributed by atoms with Crippen LogP contribution in [0.4, 0.5) is 17.1 Å². The van der Waals surface area contributed by atoms with Gasteiger partial charge in [-0.15, -0.1) is 0 Å². The van der Waals surface area contributed by atoms with Crippen LogP contribution in [0.15, 0.2) is 122 Å². The number of fused-ring (bicyclic) bond motifs is 12. The smallest absolute Gasteiger partial charge is 0.335 e. The van der Waals surface area contributed by atoms with Crippen LogP contribution in [0.5, 0.6) is 0 Å². The first-order chi connectivity index (χ1) is 25.6. The average molecular weight is 684 g/mol. The third-order valence-electron chi connectivity index (χ3n) is 11.7. The predicted molar refractivity (Wildman–Crippen MR) is 223 cm³/mol. The zero-order valence-electron chi connectivity index (χ0n) is 30.9. The summed E-state index contributed by atoms with van der Waals surface area (Å²) < 4.78 is 2.64. The van der Waals surface area contributed by atoms with E-state index in [0.717, 1.165) is 49.8 Å². The maximum absolute atomic E-state index is 5.18. The number of nitrogens with zero attached hydrogens (tertiary/aromatic N) is 5. The van der Waals surface area contributed by atoms with Gasteiger partial charge in [-0.3, -0.25) is 15.0 Å². The monoisotopic (exact) mass is 683 g/mol. The molecular formula is C47H38BN5. The van der Waals surface area contributed by atoms with Gasteiger partial charge in [0.05, 0.1) is 16.6 Å². The van der Waals surface area contributed by atoms with E-state index in [1.54, 1.807) is 0 Å². The molecule has 0 fully saturated rings. The lowest BCUT2D eigenvalue weighted by Gasteiger charge is -2.41. The lowest BCUT2D eigenvalue weighted by atomic mass is 9.44. The number of benzene rings is 5. The van der Waals surface area contributed by atoms with E-state index >= 15 is 0 Å². The molecule has 2 aliphatic rings. The van der Waals surface area contributed by atoms with Gasteiger partial charge < -0.3 is 9.38 Å². The molecule has 4 aromatic heterocycles. The molecule has 9 aromatic rings. The number of pyridine rings is 3. The fraction of sp³-hybridized carbons (Fsp3) is 0.170. The van der Waals surface area contributed by atoms with Gasteiger partial charge in [0.2, 0.25) is 0 Å². The lowest BCUT2D eigenvalue weighted by Crippen LogP contribution is -2.57. The van der Waals surface area contributed by atoms with Crippen LogP contribution < -0.4 is 15.8 Å². The number of hydrogen-bond donors (Lipinski definition) is 0. The quantitative estimate of drug-likeness (QED) is 0.162. The Kier molecular flexibility index (Phi) is 5.96. The largest absolute Gasteiger partial charge is 0.375 e. The van der Waals surface area contributed by atoms with Gasteiger partial charge in [-0.1, -0.05) is 77.9 Å². The van der Waals surface area contributed by atoms with Gasteiger partial charge in [0.1, 0.15) is 0 Å². The first-order valence-corrected chi connectivity index (χ1v) is 18.6. The van der Waals surface area contributed by atoms with Crippen molar-refractivity contribution in [3.05, 3.63) is 133 Å². The van der Waals surface area contributed by atoms with E-state index in [1.807, 2.05) is 30.7 Å². The standard InChI is InChI=1S/C47H38BN5/c1-46(2,3)30-15-18-37-33(23-30)34-24-31(47(4,5)6)25-35-40-41-39(22-29-12-9-20-50-43(29)40)52(32-16-13-27-10-7-19-49-36(27)26-32)38-17-14-28-11-8-21-51-44(28)42(38)48(41)53(37)45(34)35/h7-26H,1-6H3. The third-order valence-corrected chi connectivity index (χ3v) is 11.7. The Labute approximate surface area is 309 Å². The zero-order valence-corrected chi connectivity index (χ0v) is 30.9. The van der Waals surface area contributed by atoms with Crippen LogP contribution in [0, 0.1) is 0 Å². The molecule has 6 heteroatoms. The molecule has 0 N–H and O–H groups in total. The summed E-state index contributed by atoms with van der Waals surface area (Å²) in [7, 11) is 0. The molecule has 2 aliphatic heterocycles. The summed E-state index contributed by atoms with van der Waals surface area (Å²) in [5, 5.41) is 5.97. The molecule has 11 rings (SSSR count). The molecule has 0 aliphatic carbocycles. The van der Waals surface area contributed by atoms with E-state index in [4.69, 9.17) is 15.0 Å². The van der Waals surface area contributed by atoms with Crippen molar-refractivity contribution in [2.24, 2.45) is 0 Å². The van der Waals surface area contributed by atoms with Gasteiger partial charge in [0, 0.05) is 79.4 Å². The summed E-state index contributed by atoms with van der Waals surface area (Å²) in [6.45, 7) is 13.8. The fourth-order valence-corrected chi connectivity index (χ4v) is 9.12. The molecular weight excluding hydrogens is 645 g/mol. The highest BCUT2D eigenvalue weighted by atomic mass is 15.2. The van der Waals surface area contributed by atoms with Crippen molar-refractivity contribution in [3.8, 4) is 11.1 Å². The van der Waals surface area contributed by atoms with Crippen LogP contribution in [-0.2, 0) is 10.8 Å². The van der Waals surface area contributed by atoms with Crippen LogP contribution in [0.2, 0.25) is 0 Å². The van der Waals surface area contributed by atoms with Crippen molar-refractivity contribution in [3.63, 3.8) is 0 Å². The van der Waals surface area contributed by atoms with Gasteiger partial charge >= 0.3 is 6.85 Å². The highest BCUT2D eigenvalue weighted by Gasteiger charge is 2.45. The van der Waals surface area contributed by atoms with Crippen molar-refractivity contribution in [2.75, 3.05) is 4.90 Å². The third kappa shape index (κ3) is 4.18. The summed E-state index contributed by atoms with van der Waals surface area (Å²) in [6, 6.07) is 38.3. The molecule has 0 unspecified atom stereocenters. The number of anilines is 3. The average Bonchev–Trinajstić information content (AvgIpc) is 3.48. The maximum atomic E-state index is 5.18. The van der Waals surface area contributed by atoms with Gasteiger partial charge in [0.15, 0.2) is 0 Å². The Bertz CT molecular complexity index is 3050. The second kappa shape index (κ2) is 10.3. The molecule has 5 nitrogen and oxygen atoms in total. The second-order valence-corrected chi connectivity index (χ2v) is 17.0. The SMILES string of the molecule is CC(C)(C)c1ccc2c(c1)c1cc(C(C)(C)C)cc3c1n2B1c2c(cc4cccnc4c2-3)N(c2ccc3cccnc3c2)c2ccc3cccnc3c21. The minimum absolute atomic E-state index is 0.0102. The molecule has 0 atom stereocenters. The summed E-state index contributed by atoms with van der Waals surface area (Å²) in [6.07, 6.45) is 5.77. The Morgan fingerprint density at radius 3 is 2.04 bits per heavy atom. The van der Waals surface area contributed by atoms with Crippen molar-refractivity contribution in [1.82, 2.24) is 19.4 Å². The topological polar surface area (TPSA) is 46.8 Å². The molecule has 0 saturated carbocycles. The van der Waals surface area contributed by atoms with Crippen LogP contribution in [-0.4, -0.2) is 26.3 Å². The summed E-state index contributed by atoms with van der Waals surface area (Å²) in [5.41, 5.74) is 16.4. The van der Waals surface area contributed by atoms with Crippen molar-refractivity contribution in [2.45, 2.75) is 52.4 Å². The molecule has 0 amide bonds. The number of hydrogen-bond acceptors (Lipinski definition) is 4. The first kappa shape index (κ1) is 30.6. The van der Waals surface area contributed by atoms with E-state index in [-0.39, 0.29) is 17.7 Å². The molecule has 254 valence electrons. The minimum atomic E-state index is -0.136. The lowest BCUT2D eigenvalue weighted by molar-refractivity contribution is 0.590. The van der Waals surface area contributed by atoms with Crippen LogP contribution in [0.25, 0.3) is 65.6 Å². The van der Waals surface area contributed by atoms with Crippen LogP contribution in [0.3, 0.4) is 0 Å². The molecule has 53 heavy (non-hydrogen) atoms. The van der Waals surface area contributed by atoms with Crippen molar-refractivity contribution < 1.29 is 0 Å². The first-order valence-electron chi connectivity index (χ1n) is 18.6. The normalized spacial score (nSPS) is 13.8. The highest BCUT2D eigenvalue weighted by molar-refractivity contribution is 6.91. The highest BCUT2D eigenvalue weighted by Crippen LogP contribution is 2.49. The second-order valence-electron chi connectivity index (χ2n) is 17.0. The van der Waals surface area contributed by atoms with E-state index < -0.39 is 0 Å². The molecule has 0 bridgehead atoms. The Morgan fingerprint density at radius 2 is 1.25 bits per heavy atom. The van der Waals surface area contributed by atoms with E-state index in [1.165, 1.54) is 55.0 Å². The van der Waals surface area contributed by atoms with E-state index in [2.05, 4.69) is 142 Å². The molecule has 6 heterocycles. The van der Waals surface area contributed by atoms with Crippen molar-refractivity contribution >= 4 is 89.4 Å². The van der Waals surface area contributed by atoms with Gasteiger partial charge in [0.25, 0.3) is 0 Å². The molecule has 5 aromatic carbocycles. The molecule has 0 spiro atoms. The zero-order chi connectivity index (χ0) is 36.0. The van der Waals surface area contributed by atoms with E-state index in [9.17, 15) is 0 Å². The van der Waals surface area contributed by atoms with Gasteiger partial charge in [-0.2, -0.15) is 0 Å². The van der Waals surface area contributed by atoms with Crippen LogP contribution >= 0.6 is 0 Å². The number of aromatic nitrogens is 4. The van der Waals surface area contributed by atoms with E-state index in [0.29, 0.717) is 0 Å². The Morgan fingerprint density at radius 1 is 0.547 bits per heavy atom. The van der Waals surface area contributed by atoms with Crippen molar-refractivity contribution in [1.29, 1.82) is 0 Å². The summed E-state index contributed by atoms with van der Waals surface area (Å²) in [5.74, 6) is 0. The minimum Gasteiger partial charge on any atom is -0.375 e. The Balaban J connectivity index is 1.38. The maximum Gasteiger partial charge on any atom is 0.335 e.